The highest BCUT2D eigenvalue weighted by Gasteiger charge is 2.27. The van der Waals surface area contributed by atoms with Crippen LogP contribution < -0.4 is 20.9 Å². The molecule has 2 aliphatic heterocycles. The number of carbonyl (C=O) groups excluding carboxylic acids is 3. The number of hydrogen-bond donors (Lipinski definition) is 3. The Kier molecular flexibility index (Phi) is 4.59. The molecule has 0 aliphatic carbocycles. The van der Waals surface area contributed by atoms with Crippen LogP contribution >= 0.6 is 0 Å². The number of anilines is 1. The van der Waals surface area contributed by atoms with Crippen LogP contribution in [0, 0.1) is 0 Å². The number of nitrogens with one attached hydrogen (secondary N) is 3. The van der Waals surface area contributed by atoms with Crippen LogP contribution in [0.3, 0.4) is 0 Å². The highest BCUT2D eigenvalue weighted by molar-refractivity contribution is 6.12. The van der Waals surface area contributed by atoms with Gasteiger partial charge in [-0.25, -0.2) is 4.79 Å². The van der Waals surface area contributed by atoms with E-state index in [0.717, 1.165) is 37.4 Å². The molecule has 0 bridgehead atoms. The van der Waals surface area contributed by atoms with Gasteiger partial charge in [-0.15, -0.1) is 0 Å². The SMILES string of the molecule is O=C1CN(c2ccc(C(=O)NCc3cc4n(n3)CCCNC4)cc2)C(=O)N1. The predicted molar refractivity (Wildman–Crippen MR) is 97.0 cm³/mol. The van der Waals surface area contributed by atoms with Crippen LogP contribution in [0.15, 0.2) is 30.3 Å². The third kappa shape index (κ3) is 3.68. The molecular weight excluding hydrogens is 348 g/mol. The first kappa shape index (κ1) is 17.2. The zero-order valence-corrected chi connectivity index (χ0v) is 14.7. The molecule has 27 heavy (non-hydrogen) atoms. The number of nitrogens with zero attached hydrogens (tertiary/aromatic N) is 3. The molecule has 1 aromatic heterocycles. The third-order valence-electron chi connectivity index (χ3n) is 4.61. The Labute approximate surface area is 155 Å². The first-order valence-corrected chi connectivity index (χ1v) is 8.86. The Bertz CT molecular complexity index is 866. The summed E-state index contributed by atoms with van der Waals surface area (Å²) in [6, 6.07) is 8.12. The van der Waals surface area contributed by atoms with Gasteiger partial charge < -0.3 is 10.6 Å². The molecule has 0 unspecified atom stereocenters. The first-order chi connectivity index (χ1) is 13.1. The fraction of sp³-hybridized carbons (Fsp3) is 0.333. The van der Waals surface area contributed by atoms with Crippen molar-refractivity contribution in [2.24, 2.45) is 0 Å². The molecule has 2 aliphatic rings. The van der Waals surface area contributed by atoms with Crippen LogP contribution in [0.5, 0.6) is 0 Å². The lowest BCUT2D eigenvalue weighted by Crippen LogP contribution is -2.28. The minimum atomic E-state index is -0.453. The Morgan fingerprint density at radius 1 is 1.22 bits per heavy atom. The van der Waals surface area contributed by atoms with Crippen molar-refractivity contribution in [2.45, 2.75) is 26.1 Å². The van der Waals surface area contributed by atoms with Crippen molar-refractivity contribution in [2.75, 3.05) is 18.0 Å². The number of urea groups is 1. The second-order valence-electron chi connectivity index (χ2n) is 6.55. The Morgan fingerprint density at radius 2 is 2.04 bits per heavy atom. The number of aryl methyl sites for hydroxylation is 1. The second kappa shape index (κ2) is 7.20. The summed E-state index contributed by atoms with van der Waals surface area (Å²) in [7, 11) is 0. The average molecular weight is 368 g/mol. The molecule has 0 saturated carbocycles. The van der Waals surface area contributed by atoms with Crippen LogP contribution in [0.25, 0.3) is 0 Å². The van der Waals surface area contributed by atoms with Gasteiger partial charge in [-0.3, -0.25) is 24.5 Å². The maximum atomic E-state index is 12.4. The van der Waals surface area contributed by atoms with E-state index in [-0.39, 0.29) is 18.4 Å². The largest absolute Gasteiger partial charge is 0.346 e. The molecule has 4 rings (SSSR count). The molecule has 0 atom stereocenters. The van der Waals surface area contributed by atoms with Gasteiger partial charge >= 0.3 is 6.03 Å². The topological polar surface area (TPSA) is 108 Å². The van der Waals surface area contributed by atoms with Crippen molar-refractivity contribution in [3.63, 3.8) is 0 Å². The van der Waals surface area contributed by atoms with Crippen molar-refractivity contribution in [3.8, 4) is 0 Å². The summed E-state index contributed by atoms with van der Waals surface area (Å²) in [5.41, 5.74) is 3.00. The highest BCUT2D eigenvalue weighted by Crippen LogP contribution is 2.17. The van der Waals surface area contributed by atoms with E-state index < -0.39 is 6.03 Å². The van der Waals surface area contributed by atoms with Crippen molar-refractivity contribution in [1.29, 1.82) is 0 Å². The van der Waals surface area contributed by atoms with Gasteiger partial charge in [0.1, 0.15) is 6.54 Å². The summed E-state index contributed by atoms with van der Waals surface area (Å²) < 4.78 is 1.98. The van der Waals surface area contributed by atoms with Gasteiger partial charge in [0.05, 0.1) is 17.9 Å². The van der Waals surface area contributed by atoms with E-state index in [2.05, 4.69) is 21.0 Å². The highest BCUT2D eigenvalue weighted by atomic mass is 16.2. The van der Waals surface area contributed by atoms with Gasteiger partial charge in [0.2, 0.25) is 5.91 Å². The molecule has 2 aromatic rings. The number of amides is 4. The molecule has 0 spiro atoms. The summed E-state index contributed by atoms with van der Waals surface area (Å²) in [5.74, 6) is -0.555. The van der Waals surface area contributed by atoms with Gasteiger partial charge in [-0.2, -0.15) is 5.10 Å². The number of fused-ring (bicyclic) bond motifs is 1. The number of imide groups is 1. The van der Waals surface area contributed by atoms with Gasteiger partial charge in [0.15, 0.2) is 0 Å². The Morgan fingerprint density at radius 3 is 2.78 bits per heavy atom. The number of carbonyl (C=O) groups is 3. The van der Waals surface area contributed by atoms with Gasteiger partial charge in [0.25, 0.3) is 5.91 Å². The summed E-state index contributed by atoms with van der Waals surface area (Å²) >= 11 is 0. The van der Waals surface area contributed by atoms with E-state index in [4.69, 9.17) is 0 Å². The van der Waals surface area contributed by atoms with E-state index in [0.29, 0.717) is 17.8 Å². The zero-order chi connectivity index (χ0) is 18.8. The van der Waals surface area contributed by atoms with Gasteiger partial charge in [-0.1, -0.05) is 0 Å². The van der Waals surface area contributed by atoms with Crippen molar-refractivity contribution in [1.82, 2.24) is 25.7 Å². The summed E-state index contributed by atoms with van der Waals surface area (Å²) in [5, 5.41) is 13.0. The van der Waals surface area contributed by atoms with Crippen LogP contribution in [0.4, 0.5) is 10.5 Å². The van der Waals surface area contributed by atoms with E-state index in [9.17, 15) is 14.4 Å². The first-order valence-electron chi connectivity index (χ1n) is 8.86. The standard InChI is InChI=1S/C18H20N6O3/c25-16-11-23(18(27)21-16)14-4-2-12(3-5-14)17(26)20-9-13-8-15-10-19-6-1-7-24(15)22-13/h2-5,8,19H,1,6-7,9-11H2,(H,20,26)(H,21,25,27). The van der Waals surface area contributed by atoms with E-state index >= 15 is 0 Å². The molecule has 1 saturated heterocycles. The molecule has 3 N–H and O–H groups in total. The number of hydrogen-bond acceptors (Lipinski definition) is 5. The molecule has 9 nitrogen and oxygen atoms in total. The van der Waals surface area contributed by atoms with Gasteiger partial charge in [0, 0.05) is 24.3 Å². The summed E-state index contributed by atoms with van der Waals surface area (Å²) in [4.78, 5) is 36.6. The second-order valence-corrected chi connectivity index (χ2v) is 6.55. The predicted octanol–water partition coefficient (Wildman–Crippen LogP) is 0.363. The third-order valence-corrected chi connectivity index (χ3v) is 4.61. The minimum absolute atomic E-state index is 0.00970. The molecular formula is C18H20N6O3. The van der Waals surface area contributed by atoms with E-state index in [1.54, 1.807) is 24.3 Å². The normalized spacial score (nSPS) is 16.7. The molecule has 9 heteroatoms. The Hall–Kier alpha value is -3.20. The summed E-state index contributed by atoms with van der Waals surface area (Å²) in [6.45, 7) is 2.99. The lowest BCUT2D eigenvalue weighted by Gasteiger charge is -2.13. The molecule has 1 aromatic carbocycles. The fourth-order valence-corrected chi connectivity index (χ4v) is 3.22. The molecule has 3 heterocycles. The van der Waals surface area contributed by atoms with Gasteiger partial charge in [-0.05, 0) is 43.3 Å². The Balaban J connectivity index is 1.37. The van der Waals surface area contributed by atoms with Crippen LogP contribution in [0.2, 0.25) is 0 Å². The lowest BCUT2D eigenvalue weighted by atomic mass is 10.2. The van der Waals surface area contributed by atoms with Crippen molar-refractivity contribution >= 4 is 23.5 Å². The minimum Gasteiger partial charge on any atom is -0.346 e. The molecule has 4 amide bonds. The average Bonchev–Trinajstić information content (AvgIpc) is 3.14. The van der Waals surface area contributed by atoms with Crippen LogP contribution in [0.1, 0.15) is 28.2 Å². The maximum Gasteiger partial charge on any atom is 0.329 e. The van der Waals surface area contributed by atoms with E-state index in [1.165, 1.54) is 4.90 Å². The molecule has 0 radical (unpaired) electrons. The number of aromatic nitrogens is 2. The smallest absolute Gasteiger partial charge is 0.329 e. The number of rotatable bonds is 4. The monoisotopic (exact) mass is 368 g/mol. The molecule has 1 fully saturated rings. The molecule has 140 valence electrons. The maximum absolute atomic E-state index is 12.4. The summed E-state index contributed by atoms with van der Waals surface area (Å²) in [6.07, 6.45) is 1.04. The quantitative estimate of drug-likeness (QED) is 0.676. The van der Waals surface area contributed by atoms with Crippen LogP contribution in [-0.4, -0.2) is 40.7 Å². The van der Waals surface area contributed by atoms with E-state index in [1.807, 2.05) is 10.7 Å². The lowest BCUT2D eigenvalue weighted by molar-refractivity contribution is -0.117. The van der Waals surface area contributed by atoms with Crippen LogP contribution in [-0.2, 0) is 24.4 Å². The fourth-order valence-electron chi connectivity index (χ4n) is 3.22. The number of benzene rings is 1. The van der Waals surface area contributed by atoms with Crippen molar-refractivity contribution in [3.05, 3.63) is 47.3 Å². The van der Waals surface area contributed by atoms with Crippen molar-refractivity contribution < 1.29 is 14.4 Å². The zero-order valence-electron chi connectivity index (χ0n) is 14.7.